The third-order valence-electron chi connectivity index (χ3n) is 3.20. The smallest absolute Gasteiger partial charge is 0.319 e. The molecule has 0 spiro atoms. The van der Waals surface area contributed by atoms with Gasteiger partial charge in [0.2, 0.25) is 0 Å². The van der Waals surface area contributed by atoms with E-state index in [4.69, 9.17) is 11.6 Å². The Balaban J connectivity index is 1.92. The van der Waals surface area contributed by atoms with Crippen molar-refractivity contribution in [3.63, 3.8) is 0 Å². The first-order valence-corrected chi connectivity index (χ1v) is 6.54. The van der Waals surface area contributed by atoms with Crippen LogP contribution in [0, 0.1) is 0 Å². The quantitative estimate of drug-likeness (QED) is 0.805. The maximum atomic E-state index is 11.2. The normalized spacial score (nSPS) is 15.1. The Hall–Kier alpha value is -2.00. The van der Waals surface area contributed by atoms with Gasteiger partial charge in [-0.3, -0.25) is 0 Å². The summed E-state index contributed by atoms with van der Waals surface area (Å²) in [6, 6.07) is 15.7. The molecule has 1 aliphatic rings. The molecule has 3 rings (SSSR count). The molecule has 0 fully saturated rings. The molecule has 2 N–H and O–H groups in total. The molecular weight excluding hydrogens is 260 g/mol. The second-order valence-electron chi connectivity index (χ2n) is 4.50. The Kier molecular flexibility index (Phi) is 3.13. The summed E-state index contributed by atoms with van der Waals surface area (Å²) in [5.41, 5.74) is 4.00. The number of hydrogen-bond acceptors (Lipinski definition) is 1. The topological polar surface area (TPSA) is 41.1 Å². The number of rotatable bonds is 2. The number of carbonyl (C=O) groups is 1. The second-order valence-corrected chi connectivity index (χ2v) is 4.93. The van der Waals surface area contributed by atoms with E-state index in [-0.39, 0.29) is 11.4 Å². The van der Waals surface area contributed by atoms with Crippen molar-refractivity contribution in [1.82, 2.24) is 5.32 Å². The van der Waals surface area contributed by atoms with E-state index in [1.807, 2.05) is 48.5 Å². The molecular formula is C15H13ClN2O. The van der Waals surface area contributed by atoms with Crippen LogP contribution in [0.5, 0.6) is 0 Å². The summed E-state index contributed by atoms with van der Waals surface area (Å²) >= 11 is 6.50. The van der Waals surface area contributed by atoms with Gasteiger partial charge in [-0.05, 0) is 22.8 Å². The number of hydrogen-bond donors (Lipinski definition) is 2. The summed E-state index contributed by atoms with van der Waals surface area (Å²) in [7, 11) is 0. The highest BCUT2D eigenvalue weighted by molar-refractivity contribution is 6.22. The van der Waals surface area contributed by atoms with Crippen LogP contribution < -0.4 is 10.6 Å². The van der Waals surface area contributed by atoms with Gasteiger partial charge in [0.25, 0.3) is 0 Å². The zero-order valence-electron chi connectivity index (χ0n) is 10.2. The van der Waals surface area contributed by atoms with Crippen molar-refractivity contribution in [1.29, 1.82) is 0 Å². The number of carbonyl (C=O) groups excluding carboxylic acids is 1. The molecule has 3 nitrogen and oxygen atoms in total. The SMILES string of the molecule is O=C1NCc2cc(C(Cl)c3ccccc3)ccc2N1. The van der Waals surface area contributed by atoms with Gasteiger partial charge >= 0.3 is 6.03 Å². The fraction of sp³-hybridized carbons (Fsp3) is 0.133. The number of alkyl halides is 1. The van der Waals surface area contributed by atoms with Crippen LogP contribution in [0.1, 0.15) is 22.1 Å². The van der Waals surface area contributed by atoms with Gasteiger partial charge in [0, 0.05) is 12.2 Å². The Morgan fingerprint density at radius 2 is 1.84 bits per heavy atom. The van der Waals surface area contributed by atoms with Crippen LogP contribution >= 0.6 is 11.6 Å². The molecule has 2 aromatic carbocycles. The Bertz CT molecular complexity index is 613. The molecule has 0 saturated heterocycles. The first-order chi connectivity index (χ1) is 9.24. The van der Waals surface area contributed by atoms with Gasteiger partial charge in [-0.2, -0.15) is 0 Å². The average Bonchev–Trinajstić information content (AvgIpc) is 2.47. The van der Waals surface area contributed by atoms with E-state index in [1.54, 1.807) is 0 Å². The first kappa shape index (κ1) is 12.1. The van der Waals surface area contributed by atoms with Crippen molar-refractivity contribution in [2.45, 2.75) is 11.9 Å². The molecule has 0 radical (unpaired) electrons. The lowest BCUT2D eigenvalue weighted by Gasteiger charge is -2.20. The average molecular weight is 273 g/mol. The minimum absolute atomic E-state index is 0.161. The fourth-order valence-electron chi connectivity index (χ4n) is 2.20. The molecule has 2 aromatic rings. The standard InChI is InChI=1S/C15H13ClN2O/c16-14(10-4-2-1-3-5-10)11-6-7-13-12(8-11)9-17-15(19)18-13/h1-8,14H,9H2,(H2,17,18,19). The molecule has 1 aliphatic heterocycles. The minimum Gasteiger partial charge on any atom is -0.334 e. The summed E-state index contributed by atoms with van der Waals surface area (Å²) < 4.78 is 0. The fourth-order valence-corrected chi connectivity index (χ4v) is 2.48. The molecule has 0 bridgehead atoms. The Labute approximate surface area is 116 Å². The molecule has 0 aliphatic carbocycles. The predicted octanol–water partition coefficient (Wildman–Crippen LogP) is 3.65. The van der Waals surface area contributed by atoms with Gasteiger partial charge in [0.1, 0.15) is 0 Å². The van der Waals surface area contributed by atoms with Gasteiger partial charge in [-0.15, -0.1) is 11.6 Å². The first-order valence-electron chi connectivity index (χ1n) is 6.11. The number of amides is 2. The van der Waals surface area contributed by atoms with Crippen LogP contribution in [0.15, 0.2) is 48.5 Å². The lowest BCUT2D eigenvalue weighted by Crippen LogP contribution is -2.33. The third kappa shape index (κ3) is 2.42. The van der Waals surface area contributed by atoms with Crippen molar-refractivity contribution in [2.24, 2.45) is 0 Å². The molecule has 1 heterocycles. The zero-order chi connectivity index (χ0) is 13.2. The van der Waals surface area contributed by atoms with Gasteiger partial charge in [0.05, 0.1) is 5.38 Å². The molecule has 0 aromatic heterocycles. The molecule has 19 heavy (non-hydrogen) atoms. The largest absolute Gasteiger partial charge is 0.334 e. The summed E-state index contributed by atoms with van der Waals surface area (Å²) in [6.07, 6.45) is 0. The number of benzene rings is 2. The zero-order valence-corrected chi connectivity index (χ0v) is 10.9. The molecule has 2 amide bonds. The van der Waals surface area contributed by atoms with Crippen molar-refractivity contribution in [2.75, 3.05) is 5.32 Å². The summed E-state index contributed by atoms with van der Waals surface area (Å²) in [4.78, 5) is 11.2. The maximum absolute atomic E-state index is 11.2. The predicted molar refractivity (Wildman–Crippen MR) is 76.4 cm³/mol. The van der Waals surface area contributed by atoms with Gasteiger partial charge in [-0.1, -0.05) is 42.5 Å². The van der Waals surface area contributed by atoms with Crippen LogP contribution in [-0.2, 0) is 6.54 Å². The van der Waals surface area contributed by atoms with E-state index in [0.29, 0.717) is 6.54 Å². The minimum atomic E-state index is -0.177. The summed E-state index contributed by atoms with van der Waals surface area (Å²) in [5, 5.41) is 5.35. The van der Waals surface area contributed by atoms with Gasteiger partial charge < -0.3 is 10.6 Å². The van der Waals surface area contributed by atoms with E-state index in [1.165, 1.54) is 0 Å². The van der Waals surface area contributed by atoms with Crippen LogP contribution in [0.4, 0.5) is 10.5 Å². The molecule has 1 atom stereocenters. The number of fused-ring (bicyclic) bond motifs is 1. The van der Waals surface area contributed by atoms with E-state index in [0.717, 1.165) is 22.4 Å². The monoisotopic (exact) mass is 272 g/mol. The molecule has 1 unspecified atom stereocenters. The van der Waals surface area contributed by atoms with Crippen molar-refractivity contribution in [3.8, 4) is 0 Å². The van der Waals surface area contributed by atoms with Crippen molar-refractivity contribution >= 4 is 23.3 Å². The van der Waals surface area contributed by atoms with Gasteiger partial charge in [-0.25, -0.2) is 4.79 Å². The second kappa shape index (κ2) is 4.94. The van der Waals surface area contributed by atoms with Gasteiger partial charge in [0.15, 0.2) is 0 Å². The highest BCUT2D eigenvalue weighted by Gasteiger charge is 2.17. The van der Waals surface area contributed by atoms with Crippen LogP contribution in [-0.4, -0.2) is 6.03 Å². The third-order valence-corrected chi connectivity index (χ3v) is 3.71. The number of urea groups is 1. The van der Waals surface area contributed by atoms with Crippen LogP contribution in [0.2, 0.25) is 0 Å². The van der Waals surface area contributed by atoms with E-state index >= 15 is 0 Å². The van der Waals surface area contributed by atoms with Crippen molar-refractivity contribution < 1.29 is 4.79 Å². The highest BCUT2D eigenvalue weighted by Crippen LogP contribution is 2.31. The number of halogens is 1. The molecule has 96 valence electrons. The lowest BCUT2D eigenvalue weighted by atomic mass is 10.0. The molecule has 4 heteroatoms. The molecule has 0 saturated carbocycles. The Morgan fingerprint density at radius 3 is 2.63 bits per heavy atom. The Morgan fingerprint density at radius 1 is 1.05 bits per heavy atom. The van der Waals surface area contributed by atoms with E-state index in [9.17, 15) is 4.79 Å². The number of nitrogens with one attached hydrogen (secondary N) is 2. The summed E-state index contributed by atoms with van der Waals surface area (Å²) in [5.74, 6) is 0. The van der Waals surface area contributed by atoms with Crippen molar-refractivity contribution in [3.05, 3.63) is 65.2 Å². The lowest BCUT2D eigenvalue weighted by molar-refractivity contribution is 0.251. The van der Waals surface area contributed by atoms with E-state index in [2.05, 4.69) is 10.6 Å². The van der Waals surface area contributed by atoms with Crippen LogP contribution in [0.3, 0.4) is 0 Å². The maximum Gasteiger partial charge on any atom is 0.319 e. The van der Waals surface area contributed by atoms with Crippen LogP contribution in [0.25, 0.3) is 0 Å². The highest BCUT2D eigenvalue weighted by atomic mass is 35.5. The van der Waals surface area contributed by atoms with E-state index < -0.39 is 0 Å². The number of anilines is 1. The summed E-state index contributed by atoms with van der Waals surface area (Å²) in [6.45, 7) is 0.535.